The molecule has 2 aliphatic rings. The van der Waals surface area contributed by atoms with Crippen molar-refractivity contribution < 1.29 is 9.53 Å². The fourth-order valence-corrected chi connectivity index (χ4v) is 1.64. The Bertz CT molecular complexity index is 224. The van der Waals surface area contributed by atoms with Crippen LogP contribution in [0.4, 0.5) is 0 Å². The average Bonchev–Trinajstić information content (AvgIpc) is 2.18. The van der Waals surface area contributed by atoms with Crippen LogP contribution >= 0.6 is 0 Å². The third-order valence-corrected chi connectivity index (χ3v) is 2.34. The van der Waals surface area contributed by atoms with Crippen molar-refractivity contribution in [3.8, 4) is 0 Å². The zero-order valence-electron chi connectivity index (χ0n) is 6.25. The molecule has 2 atom stereocenters. The third-order valence-electron chi connectivity index (χ3n) is 2.34. The number of allylic oxidation sites excluding steroid dienone is 1. The van der Waals surface area contributed by atoms with Gasteiger partial charge in [-0.15, -0.1) is 0 Å². The van der Waals surface area contributed by atoms with Crippen molar-refractivity contribution in [2.75, 3.05) is 0 Å². The second-order valence-corrected chi connectivity index (χ2v) is 3.27. The summed E-state index contributed by atoms with van der Waals surface area (Å²) in [6.45, 7) is 0. The maximum Gasteiger partial charge on any atom is 0.326 e. The molecule has 1 aliphatic carbocycles. The first-order valence-electron chi connectivity index (χ1n) is 3.87. The summed E-state index contributed by atoms with van der Waals surface area (Å²) in [6, 6.07) is 0. The van der Waals surface area contributed by atoms with Crippen LogP contribution < -0.4 is 5.73 Å². The van der Waals surface area contributed by atoms with Crippen LogP contribution in [0.1, 0.15) is 19.3 Å². The molecule has 1 saturated heterocycles. The highest BCUT2D eigenvalue weighted by molar-refractivity contribution is 5.83. The molecular weight excluding hydrogens is 142 g/mol. The van der Waals surface area contributed by atoms with E-state index in [0.717, 1.165) is 12.8 Å². The molecule has 0 aromatic rings. The van der Waals surface area contributed by atoms with E-state index in [1.54, 1.807) is 0 Å². The number of hydrogen-bond donors (Lipinski definition) is 1. The van der Waals surface area contributed by atoms with E-state index in [9.17, 15) is 4.79 Å². The van der Waals surface area contributed by atoms with Crippen LogP contribution in [0.5, 0.6) is 0 Å². The number of fused-ring (bicyclic) bond motifs is 2. The van der Waals surface area contributed by atoms with Gasteiger partial charge in [0.15, 0.2) is 0 Å². The maximum absolute atomic E-state index is 11.1. The predicted molar refractivity (Wildman–Crippen MR) is 39.8 cm³/mol. The minimum absolute atomic E-state index is 0.0602. The molecule has 0 radical (unpaired) electrons. The molecule has 1 aliphatic heterocycles. The molecule has 1 fully saturated rings. The third kappa shape index (κ3) is 0.959. The molecule has 3 nitrogen and oxygen atoms in total. The molecule has 11 heavy (non-hydrogen) atoms. The highest BCUT2D eigenvalue weighted by atomic mass is 16.6. The molecule has 0 unspecified atom stereocenters. The Morgan fingerprint density at radius 3 is 3.36 bits per heavy atom. The van der Waals surface area contributed by atoms with Crippen molar-refractivity contribution in [2.45, 2.75) is 30.9 Å². The van der Waals surface area contributed by atoms with Gasteiger partial charge in [0, 0.05) is 6.42 Å². The lowest BCUT2D eigenvalue weighted by Crippen LogP contribution is -2.44. The van der Waals surface area contributed by atoms with Crippen molar-refractivity contribution in [3.05, 3.63) is 12.2 Å². The van der Waals surface area contributed by atoms with Gasteiger partial charge in [-0.1, -0.05) is 6.08 Å². The van der Waals surface area contributed by atoms with Crippen molar-refractivity contribution in [3.63, 3.8) is 0 Å². The van der Waals surface area contributed by atoms with E-state index in [-0.39, 0.29) is 12.1 Å². The lowest BCUT2D eigenvalue weighted by molar-refractivity contribution is -0.144. The van der Waals surface area contributed by atoms with Crippen molar-refractivity contribution in [2.24, 2.45) is 5.73 Å². The number of esters is 1. The Morgan fingerprint density at radius 1 is 1.73 bits per heavy atom. The van der Waals surface area contributed by atoms with Gasteiger partial charge in [0.2, 0.25) is 0 Å². The zero-order chi connectivity index (χ0) is 7.90. The summed E-state index contributed by atoms with van der Waals surface area (Å²) >= 11 is 0. The predicted octanol–water partition coefficient (Wildman–Crippen LogP) is 0.349. The summed E-state index contributed by atoms with van der Waals surface area (Å²) in [5.74, 6) is -0.230. The number of carbonyl (C=O) groups is 1. The molecular formula is C8H11NO2. The van der Waals surface area contributed by atoms with E-state index in [4.69, 9.17) is 10.5 Å². The smallest absolute Gasteiger partial charge is 0.326 e. The van der Waals surface area contributed by atoms with Gasteiger partial charge in [-0.2, -0.15) is 0 Å². The first-order chi connectivity index (χ1) is 5.21. The van der Waals surface area contributed by atoms with Crippen LogP contribution in [-0.2, 0) is 9.53 Å². The molecule has 0 spiro atoms. The van der Waals surface area contributed by atoms with E-state index < -0.39 is 5.54 Å². The molecule has 0 amide bonds. The molecule has 2 bridgehead atoms. The second-order valence-electron chi connectivity index (χ2n) is 3.27. The van der Waals surface area contributed by atoms with Gasteiger partial charge in [0.05, 0.1) is 0 Å². The monoisotopic (exact) mass is 153 g/mol. The van der Waals surface area contributed by atoms with E-state index in [0.29, 0.717) is 6.42 Å². The minimum Gasteiger partial charge on any atom is -0.457 e. The molecule has 2 rings (SSSR count). The van der Waals surface area contributed by atoms with Crippen molar-refractivity contribution in [1.82, 2.24) is 0 Å². The summed E-state index contributed by atoms with van der Waals surface area (Å²) in [6.07, 6.45) is 6.17. The normalized spacial score (nSPS) is 41.9. The molecule has 3 heteroatoms. The summed E-state index contributed by atoms with van der Waals surface area (Å²) in [5, 5.41) is 0. The first kappa shape index (κ1) is 6.85. The van der Waals surface area contributed by atoms with E-state index in [2.05, 4.69) is 0 Å². The fourth-order valence-electron chi connectivity index (χ4n) is 1.64. The SMILES string of the molecule is N[C@@]12CCC=C[C@@H](C1)OC2=O. The van der Waals surface area contributed by atoms with E-state index in [1.807, 2.05) is 12.2 Å². The molecule has 2 N–H and O–H groups in total. The number of hydrogen-bond acceptors (Lipinski definition) is 3. The van der Waals surface area contributed by atoms with Gasteiger partial charge in [-0.05, 0) is 18.9 Å². The van der Waals surface area contributed by atoms with Crippen LogP contribution in [0.3, 0.4) is 0 Å². The van der Waals surface area contributed by atoms with Gasteiger partial charge in [-0.25, -0.2) is 0 Å². The molecule has 0 aromatic heterocycles. The summed E-state index contributed by atoms with van der Waals surface area (Å²) in [5.41, 5.74) is 5.14. The van der Waals surface area contributed by atoms with Gasteiger partial charge >= 0.3 is 5.97 Å². The summed E-state index contributed by atoms with van der Waals surface area (Å²) in [7, 11) is 0. The fraction of sp³-hybridized carbons (Fsp3) is 0.625. The molecule has 0 aromatic carbocycles. The number of nitrogens with two attached hydrogens (primary N) is 1. The van der Waals surface area contributed by atoms with Gasteiger partial charge < -0.3 is 10.5 Å². The number of rotatable bonds is 0. The highest BCUT2D eigenvalue weighted by Gasteiger charge is 2.45. The van der Waals surface area contributed by atoms with Gasteiger partial charge in [-0.3, -0.25) is 4.79 Å². The van der Waals surface area contributed by atoms with Crippen LogP contribution in [0.25, 0.3) is 0 Å². The van der Waals surface area contributed by atoms with Gasteiger partial charge in [0.25, 0.3) is 0 Å². The molecule has 1 heterocycles. The lowest BCUT2D eigenvalue weighted by atomic mass is 9.93. The Kier molecular flexibility index (Phi) is 1.29. The number of ether oxygens (including phenoxy) is 1. The summed E-state index contributed by atoms with van der Waals surface area (Å²) < 4.78 is 5.02. The van der Waals surface area contributed by atoms with Crippen LogP contribution in [0, 0.1) is 0 Å². The summed E-state index contributed by atoms with van der Waals surface area (Å²) in [4.78, 5) is 11.1. The van der Waals surface area contributed by atoms with Crippen molar-refractivity contribution >= 4 is 5.97 Å². The van der Waals surface area contributed by atoms with E-state index in [1.165, 1.54) is 0 Å². The topological polar surface area (TPSA) is 52.3 Å². The Balaban J connectivity index is 2.29. The lowest BCUT2D eigenvalue weighted by Gasteiger charge is -2.16. The Hall–Kier alpha value is -0.830. The second kappa shape index (κ2) is 2.08. The van der Waals surface area contributed by atoms with Crippen LogP contribution in [0.2, 0.25) is 0 Å². The maximum atomic E-state index is 11.1. The standard InChI is InChI=1S/C8H11NO2/c9-8-4-2-1-3-6(5-8)11-7(8)10/h1,3,6H,2,4-5,9H2/t6-,8-/m0/s1. The number of carbonyl (C=O) groups excluding carboxylic acids is 1. The quantitative estimate of drug-likeness (QED) is 0.403. The zero-order valence-corrected chi connectivity index (χ0v) is 6.25. The average molecular weight is 153 g/mol. The Morgan fingerprint density at radius 2 is 2.55 bits per heavy atom. The van der Waals surface area contributed by atoms with Crippen LogP contribution in [0.15, 0.2) is 12.2 Å². The minimum atomic E-state index is -0.686. The molecule has 0 saturated carbocycles. The highest BCUT2D eigenvalue weighted by Crippen LogP contribution is 2.30. The first-order valence-corrected chi connectivity index (χ1v) is 3.87. The van der Waals surface area contributed by atoms with E-state index >= 15 is 0 Å². The van der Waals surface area contributed by atoms with Crippen LogP contribution in [-0.4, -0.2) is 17.6 Å². The largest absolute Gasteiger partial charge is 0.457 e. The molecule has 60 valence electrons. The van der Waals surface area contributed by atoms with Gasteiger partial charge in [0.1, 0.15) is 11.6 Å². The Labute approximate surface area is 65.2 Å². The van der Waals surface area contributed by atoms with Crippen molar-refractivity contribution in [1.29, 1.82) is 0 Å².